The summed E-state index contributed by atoms with van der Waals surface area (Å²) in [6.45, 7) is 4.06. The Morgan fingerprint density at radius 1 is 0.615 bits per heavy atom. The van der Waals surface area contributed by atoms with Gasteiger partial charge in [-0.2, -0.15) is 0 Å². The van der Waals surface area contributed by atoms with Crippen LogP contribution in [0.25, 0.3) is 66.5 Å². The molecule has 9 rings (SSSR count). The van der Waals surface area contributed by atoms with Gasteiger partial charge >= 0.3 is 0 Å². The molecule has 0 saturated heterocycles. The van der Waals surface area contributed by atoms with E-state index < -0.39 is 0 Å². The van der Waals surface area contributed by atoms with Crippen molar-refractivity contribution in [1.82, 2.24) is 14.5 Å². The van der Waals surface area contributed by atoms with Gasteiger partial charge < -0.3 is 4.57 Å². The molecule has 8 aromatic rings. The predicted octanol–water partition coefficient (Wildman–Crippen LogP) is 12.3. The smallest absolute Gasteiger partial charge is 0.160 e. The minimum Gasteiger partial charge on any atom is -0.308 e. The van der Waals surface area contributed by atoms with E-state index in [1.54, 1.807) is 0 Å². The third-order valence-electron chi connectivity index (χ3n) is 9.87. The quantitative estimate of drug-likeness (QED) is 0.159. The van der Waals surface area contributed by atoms with Gasteiger partial charge in [-0.1, -0.05) is 146 Å². The van der Waals surface area contributed by atoms with Crippen LogP contribution in [0.5, 0.6) is 0 Å². The Kier molecular flexibility index (Phi) is 7.98. The molecule has 0 spiro atoms. The van der Waals surface area contributed by atoms with Crippen LogP contribution in [0.15, 0.2) is 175 Å². The maximum absolute atomic E-state index is 5.19. The minimum atomic E-state index is 0.695. The van der Waals surface area contributed by atoms with Gasteiger partial charge in [-0.25, -0.2) is 9.97 Å². The van der Waals surface area contributed by atoms with Crippen molar-refractivity contribution < 1.29 is 0 Å². The summed E-state index contributed by atoms with van der Waals surface area (Å²) in [5.41, 5.74) is 12.8. The number of fused-ring (bicyclic) bond motifs is 7. The number of hydrogen-bond donors (Lipinski definition) is 0. The van der Waals surface area contributed by atoms with Crippen molar-refractivity contribution in [3.8, 4) is 28.3 Å². The molecule has 3 heterocycles. The van der Waals surface area contributed by atoms with E-state index in [2.05, 4.69) is 150 Å². The average molecular weight is 669 g/mol. The molecule has 0 N–H and O–H groups in total. The van der Waals surface area contributed by atoms with E-state index >= 15 is 0 Å². The number of nitrogens with zero attached hydrogens (tertiary/aromatic N) is 4. The second-order valence-corrected chi connectivity index (χ2v) is 13.1. The van der Waals surface area contributed by atoms with Crippen LogP contribution in [0.4, 0.5) is 5.69 Å². The molecular weight excluding hydrogens is 633 g/mol. The lowest BCUT2D eigenvalue weighted by atomic mass is 10.0. The molecule has 0 bridgehead atoms. The molecule has 6 aromatic carbocycles. The highest BCUT2D eigenvalue weighted by molar-refractivity contribution is 6.21. The van der Waals surface area contributed by atoms with Crippen LogP contribution in [0.2, 0.25) is 0 Å². The molecule has 2 aromatic heterocycles. The highest BCUT2D eigenvalue weighted by atomic mass is 15.0. The number of aromatic nitrogens is 3. The Morgan fingerprint density at radius 2 is 1.35 bits per heavy atom. The summed E-state index contributed by atoms with van der Waals surface area (Å²) < 4.78 is 2.47. The van der Waals surface area contributed by atoms with Crippen LogP contribution in [-0.4, -0.2) is 20.2 Å². The molecule has 4 nitrogen and oxygen atoms in total. The van der Waals surface area contributed by atoms with Crippen molar-refractivity contribution in [2.24, 2.45) is 4.99 Å². The molecule has 52 heavy (non-hydrogen) atoms. The van der Waals surface area contributed by atoms with Crippen LogP contribution in [-0.2, 0) is 6.42 Å². The summed E-state index contributed by atoms with van der Waals surface area (Å²) in [6, 6.07) is 49.4. The van der Waals surface area contributed by atoms with Crippen molar-refractivity contribution in [3.63, 3.8) is 0 Å². The first kappa shape index (κ1) is 31.3. The fraction of sp³-hybridized carbons (Fsp3) is 0.0625. The Balaban J connectivity index is 1.29. The molecule has 0 fully saturated rings. The molecule has 248 valence electrons. The third-order valence-corrected chi connectivity index (χ3v) is 9.87. The van der Waals surface area contributed by atoms with E-state index in [9.17, 15) is 0 Å². The van der Waals surface area contributed by atoms with Gasteiger partial charge in [0.25, 0.3) is 0 Å². The summed E-state index contributed by atoms with van der Waals surface area (Å²) >= 11 is 0. The number of allylic oxidation sites excluding steroid dienone is 6. The van der Waals surface area contributed by atoms with Crippen LogP contribution in [0.3, 0.4) is 0 Å². The summed E-state index contributed by atoms with van der Waals surface area (Å²) in [4.78, 5) is 15.4. The van der Waals surface area contributed by atoms with Gasteiger partial charge in [-0.3, -0.25) is 4.99 Å². The highest BCUT2D eigenvalue weighted by Gasteiger charge is 2.25. The Bertz CT molecular complexity index is 2760. The SMILES string of the molecule is C\C=C/C=C(\C=C/C)c1cc(-c2cccc(-n3c4c5c(ccc4c4ccc6ccccc6c43)N=C(c3ccccc3)C5)c2)nc(-c2ccccc2)n1. The standard InChI is InChI=1S/C48H36N4/c1-3-5-16-33(15-4-2)44-31-45(51-48(50-44)35-20-10-7-11-21-35)36-22-14-23-37(29-36)52-46-38-24-13-12-17-32(38)25-26-39(46)40-27-28-42-41(47(40)52)30-43(49-42)34-18-8-6-9-19-34/h3-29,31H,30H2,1-2H3/b5-3-,15-4-,33-16+. The Labute approximate surface area is 303 Å². The second kappa shape index (κ2) is 13.2. The lowest BCUT2D eigenvalue weighted by molar-refractivity contribution is 1.15. The van der Waals surface area contributed by atoms with Crippen LogP contribution < -0.4 is 0 Å². The zero-order valence-electron chi connectivity index (χ0n) is 29.2. The number of aliphatic imine (C=N–C) groups is 1. The fourth-order valence-electron chi connectivity index (χ4n) is 7.48. The second-order valence-electron chi connectivity index (χ2n) is 13.1. The topological polar surface area (TPSA) is 43.1 Å². The van der Waals surface area contributed by atoms with Crippen molar-refractivity contribution >= 4 is 49.6 Å². The highest BCUT2D eigenvalue weighted by Crippen LogP contribution is 2.43. The van der Waals surface area contributed by atoms with Gasteiger partial charge in [0.15, 0.2) is 5.82 Å². The van der Waals surface area contributed by atoms with Crippen molar-refractivity contribution in [2.75, 3.05) is 0 Å². The maximum atomic E-state index is 5.19. The van der Waals surface area contributed by atoms with Crippen LogP contribution in [0.1, 0.15) is 30.7 Å². The molecule has 0 radical (unpaired) electrons. The largest absolute Gasteiger partial charge is 0.308 e. The van der Waals surface area contributed by atoms with Crippen molar-refractivity contribution in [1.29, 1.82) is 0 Å². The Morgan fingerprint density at radius 3 is 2.15 bits per heavy atom. The summed E-state index contributed by atoms with van der Waals surface area (Å²) in [5, 5.41) is 4.90. The zero-order valence-corrected chi connectivity index (χ0v) is 29.2. The molecule has 1 aliphatic heterocycles. The summed E-state index contributed by atoms with van der Waals surface area (Å²) in [6.07, 6.45) is 11.1. The Hall–Kier alpha value is -6.65. The molecule has 0 saturated carbocycles. The van der Waals surface area contributed by atoms with Crippen molar-refractivity contribution in [2.45, 2.75) is 20.3 Å². The van der Waals surface area contributed by atoms with E-state index in [1.807, 2.05) is 38.1 Å². The lowest BCUT2D eigenvalue weighted by Crippen LogP contribution is -2.02. The lowest BCUT2D eigenvalue weighted by Gasteiger charge is -2.14. The fourth-order valence-corrected chi connectivity index (χ4v) is 7.48. The maximum Gasteiger partial charge on any atom is 0.160 e. The van der Waals surface area contributed by atoms with Gasteiger partial charge in [-0.05, 0) is 54.6 Å². The first-order valence-corrected chi connectivity index (χ1v) is 17.8. The van der Waals surface area contributed by atoms with Gasteiger partial charge in [0.1, 0.15) is 0 Å². The van der Waals surface area contributed by atoms with Gasteiger partial charge in [0.05, 0.1) is 33.8 Å². The molecular formula is C48H36N4. The molecule has 0 aliphatic carbocycles. The van der Waals surface area contributed by atoms with E-state index in [4.69, 9.17) is 15.0 Å². The number of benzene rings is 6. The summed E-state index contributed by atoms with van der Waals surface area (Å²) in [7, 11) is 0. The van der Waals surface area contributed by atoms with Gasteiger partial charge in [-0.15, -0.1) is 0 Å². The molecule has 1 aliphatic rings. The monoisotopic (exact) mass is 668 g/mol. The molecule has 4 heteroatoms. The minimum absolute atomic E-state index is 0.695. The summed E-state index contributed by atoms with van der Waals surface area (Å²) in [5.74, 6) is 0.695. The van der Waals surface area contributed by atoms with Crippen LogP contribution in [0, 0.1) is 0 Å². The van der Waals surface area contributed by atoms with E-state index in [0.717, 1.165) is 57.2 Å². The molecule has 0 atom stereocenters. The van der Waals surface area contributed by atoms with E-state index in [-0.39, 0.29) is 0 Å². The van der Waals surface area contributed by atoms with Gasteiger partial charge in [0.2, 0.25) is 0 Å². The molecule has 0 amide bonds. The van der Waals surface area contributed by atoms with Crippen molar-refractivity contribution in [3.05, 3.63) is 187 Å². The first-order chi connectivity index (χ1) is 25.7. The molecule has 0 unspecified atom stereocenters. The first-order valence-electron chi connectivity index (χ1n) is 17.8. The van der Waals surface area contributed by atoms with Crippen LogP contribution >= 0.6 is 0 Å². The van der Waals surface area contributed by atoms with E-state index in [1.165, 1.54) is 38.1 Å². The van der Waals surface area contributed by atoms with E-state index in [0.29, 0.717) is 5.82 Å². The average Bonchev–Trinajstić information content (AvgIpc) is 3.80. The number of rotatable bonds is 7. The van der Waals surface area contributed by atoms with Gasteiger partial charge in [0, 0.05) is 45.0 Å². The number of hydrogen-bond acceptors (Lipinski definition) is 3. The predicted molar refractivity (Wildman–Crippen MR) is 219 cm³/mol. The normalized spacial score (nSPS) is 13.2. The third kappa shape index (κ3) is 5.46. The zero-order chi connectivity index (χ0) is 35.0.